The van der Waals surface area contributed by atoms with Crippen LogP contribution in [0.1, 0.15) is 53.6 Å². The van der Waals surface area contributed by atoms with Gasteiger partial charge in [-0.3, -0.25) is 9.59 Å². The number of carboxylic acid groups (broad SMARTS) is 1. The summed E-state index contributed by atoms with van der Waals surface area (Å²) in [4.78, 5) is 36.8. The number of benzene rings is 2. The number of carbonyl (C=O) groups excluding carboxylic acids is 2. The van der Waals surface area contributed by atoms with Crippen LogP contribution in [0.3, 0.4) is 0 Å². The van der Waals surface area contributed by atoms with E-state index in [4.69, 9.17) is 18.9 Å². The zero-order valence-corrected chi connectivity index (χ0v) is 18.7. The molecule has 1 unspecified atom stereocenters. The number of hydrogen-bond acceptors (Lipinski definition) is 7. The zero-order valence-electron chi connectivity index (χ0n) is 18.7. The Balaban J connectivity index is 2.56. The minimum atomic E-state index is -1.19. The van der Waals surface area contributed by atoms with Gasteiger partial charge in [0.25, 0.3) is 0 Å². The van der Waals surface area contributed by atoms with Crippen molar-refractivity contribution in [1.82, 2.24) is 0 Å². The summed E-state index contributed by atoms with van der Waals surface area (Å²) in [6.45, 7) is 2.10. The molecule has 0 aliphatic carbocycles. The van der Waals surface area contributed by atoms with Gasteiger partial charge in [0.15, 0.2) is 0 Å². The van der Waals surface area contributed by atoms with Crippen molar-refractivity contribution in [3.8, 4) is 17.2 Å². The Bertz CT molecular complexity index is 966. The van der Waals surface area contributed by atoms with Gasteiger partial charge in [-0.05, 0) is 24.1 Å². The maximum absolute atomic E-state index is 12.8. The second-order valence-corrected chi connectivity index (χ2v) is 7.03. The number of ketones is 1. The van der Waals surface area contributed by atoms with E-state index in [0.29, 0.717) is 29.0 Å². The van der Waals surface area contributed by atoms with Crippen LogP contribution in [0.15, 0.2) is 36.4 Å². The van der Waals surface area contributed by atoms with Gasteiger partial charge in [0.2, 0.25) is 0 Å². The van der Waals surface area contributed by atoms with E-state index in [1.54, 1.807) is 36.4 Å². The summed E-state index contributed by atoms with van der Waals surface area (Å²) in [5.74, 6) is -1.75. The average molecular weight is 444 g/mol. The number of aromatic carboxylic acids is 1. The molecule has 2 aromatic carbocycles. The fourth-order valence-electron chi connectivity index (χ4n) is 3.46. The van der Waals surface area contributed by atoms with Crippen LogP contribution in [0, 0.1) is 0 Å². The van der Waals surface area contributed by atoms with E-state index in [1.165, 1.54) is 21.3 Å². The fourth-order valence-corrected chi connectivity index (χ4v) is 3.46. The highest BCUT2D eigenvalue weighted by Gasteiger charge is 2.29. The second-order valence-electron chi connectivity index (χ2n) is 7.03. The standard InChI is InChI=1S/C24H28O8/c1-5-11-32-22(26)13-15(25)12-19(17-10-9-16(29-2)14-21(17)31-4)18-7-6-8-20(30-3)23(18)24(27)28/h6-10,14,19H,5,11-13H2,1-4H3,(H,27,28). The van der Waals surface area contributed by atoms with Crippen LogP contribution in [0.4, 0.5) is 0 Å². The molecule has 0 spiro atoms. The molecule has 8 heteroatoms. The number of carbonyl (C=O) groups is 3. The largest absolute Gasteiger partial charge is 0.497 e. The molecule has 0 radical (unpaired) electrons. The third-order valence-electron chi connectivity index (χ3n) is 4.92. The van der Waals surface area contributed by atoms with E-state index in [2.05, 4.69) is 0 Å². The molecule has 8 nitrogen and oxygen atoms in total. The van der Waals surface area contributed by atoms with E-state index in [-0.39, 0.29) is 30.1 Å². The number of Topliss-reactive ketones (excluding diaryl/α,β-unsaturated/α-hetero) is 1. The minimum absolute atomic E-state index is 0.0563. The van der Waals surface area contributed by atoms with E-state index < -0.39 is 24.3 Å². The molecule has 0 heterocycles. The van der Waals surface area contributed by atoms with Gasteiger partial charge in [0.1, 0.15) is 35.0 Å². The van der Waals surface area contributed by atoms with Crippen molar-refractivity contribution < 1.29 is 38.4 Å². The first-order valence-corrected chi connectivity index (χ1v) is 10.2. The van der Waals surface area contributed by atoms with Crippen LogP contribution >= 0.6 is 0 Å². The molecule has 0 aliphatic heterocycles. The maximum atomic E-state index is 12.8. The molecule has 32 heavy (non-hydrogen) atoms. The molecule has 1 N–H and O–H groups in total. The highest BCUT2D eigenvalue weighted by atomic mass is 16.5. The molecule has 0 amide bonds. The highest BCUT2D eigenvalue weighted by Crippen LogP contribution is 2.40. The quantitative estimate of drug-likeness (QED) is 0.389. The lowest BCUT2D eigenvalue weighted by atomic mass is 9.83. The number of carboxylic acids is 1. The highest BCUT2D eigenvalue weighted by molar-refractivity contribution is 5.97. The number of methoxy groups -OCH3 is 3. The molecule has 0 bridgehead atoms. The topological polar surface area (TPSA) is 108 Å². The normalized spacial score (nSPS) is 11.4. The van der Waals surface area contributed by atoms with Crippen LogP contribution in [0.2, 0.25) is 0 Å². The number of ether oxygens (including phenoxy) is 4. The van der Waals surface area contributed by atoms with Gasteiger partial charge in [-0.25, -0.2) is 4.79 Å². The molecule has 2 rings (SSSR count). The van der Waals surface area contributed by atoms with Crippen molar-refractivity contribution in [3.63, 3.8) is 0 Å². The number of hydrogen-bond donors (Lipinski definition) is 1. The summed E-state index contributed by atoms with van der Waals surface area (Å²) in [6, 6.07) is 9.90. The van der Waals surface area contributed by atoms with E-state index in [0.717, 1.165) is 0 Å². The van der Waals surface area contributed by atoms with Crippen molar-refractivity contribution in [2.45, 2.75) is 32.1 Å². The Hall–Kier alpha value is -3.55. The molecule has 0 saturated carbocycles. The lowest BCUT2D eigenvalue weighted by molar-refractivity contribution is -0.146. The van der Waals surface area contributed by atoms with Crippen molar-refractivity contribution >= 4 is 17.7 Å². The van der Waals surface area contributed by atoms with Crippen molar-refractivity contribution in [2.75, 3.05) is 27.9 Å². The Morgan fingerprint density at radius 3 is 2.25 bits per heavy atom. The summed E-state index contributed by atoms with van der Waals surface area (Å²) in [6.07, 6.45) is 0.121. The minimum Gasteiger partial charge on any atom is -0.497 e. The molecular formula is C24H28O8. The predicted molar refractivity (Wildman–Crippen MR) is 117 cm³/mol. The predicted octanol–water partition coefficient (Wildman–Crippen LogP) is 3.85. The fraction of sp³-hybridized carbons (Fsp3) is 0.375. The van der Waals surface area contributed by atoms with Crippen molar-refractivity contribution in [1.29, 1.82) is 0 Å². The van der Waals surface area contributed by atoms with Crippen molar-refractivity contribution in [2.24, 2.45) is 0 Å². The third-order valence-corrected chi connectivity index (χ3v) is 4.92. The van der Waals surface area contributed by atoms with E-state index in [9.17, 15) is 19.5 Å². The van der Waals surface area contributed by atoms with Crippen molar-refractivity contribution in [3.05, 3.63) is 53.1 Å². The summed E-state index contributed by atoms with van der Waals surface area (Å²) < 4.78 is 21.0. The van der Waals surface area contributed by atoms with Crippen LogP contribution in [-0.2, 0) is 14.3 Å². The SMILES string of the molecule is CCCOC(=O)CC(=O)CC(c1ccc(OC)cc1OC)c1cccc(OC)c1C(=O)O. The van der Waals surface area contributed by atoms with Gasteiger partial charge in [-0.2, -0.15) is 0 Å². The van der Waals surface area contributed by atoms with Gasteiger partial charge in [0, 0.05) is 24.0 Å². The second kappa shape index (κ2) is 11.7. The Labute approximate surface area is 187 Å². The molecule has 0 aliphatic rings. The lowest BCUT2D eigenvalue weighted by Crippen LogP contribution is -2.18. The number of rotatable bonds is 12. The molecule has 0 saturated heterocycles. The summed E-state index contributed by atoms with van der Waals surface area (Å²) in [5.41, 5.74) is 0.897. The van der Waals surface area contributed by atoms with Gasteiger partial charge in [0.05, 0.1) is 27.9 Å². The molecular weight excluding hydrogens is 416 g/mol. The Morgan fingerprint density at radius 2 is 1.66 bits per heavy atom. The maximum Gasteiger partial charge on any atom is 0.339 e. The molecule has 0 fully saturated rings. The van der Waals surface area contributed by atoms with Gasteiger partial charge in [-0.1, -0.05) is 25.1 Å². The van der Waals surface area contributed by atoms with Gasteiger partial charge < -0.3 is 24.1 Å². The van der Waals surface area contributed by atoms with Crippen LogP contribution in [-0.4, -0.2) is 50.8 Å². The van der Waals surface area contributed by atoms with Crippen LogP contribution in [0.5, 0.6) is 17.2 Å². The van der Waals surface area contributed by atoms with Gasteiger partial charge in [-0.15, -0.1) is 0 Å². The summed E-state index contributed by atoms with van der Waals surface area (Å²) in [5, 5.41) is 9.87. The summed E-state index contributed by atoms with van der Waals surface area (Å²) in [7, 11) is 4.37. The lowest BCUT2D eigenvalue weighted by Gasteiger charge is -2.23. The Morgan fingerprint density at radius 1 is 0.938 bits per heavy atom. The first-order valence-electron chi connectivity index (χ1n) is 10.2. The Kier molecular flexibility index (Phi) is 9.07. The van der Waals surface area contributed by atoms with Gasteiger partial charge >= 0.3 is 11.9 Å². The number of esters is 1. The zero-order chi connectivity index (χ0) is 23.7. The molecule has 0 aromatic heterocycles. The monoisotopic (exact) mass is 444 g/mol. The first kappa shape index (κ1) is 24.7. The first-order chi connectivity index (χ1) is 15.4. The average Bonchev–Trinajstić information content (AvgIpc) is 2.80. The van der Waals surface area contributed by atoms with Crippen LogP contribution in [0.25, 0.3) is 0 Å². The summed E-state index contributed by atoms with van der Waals surface area (Å²) >= 11 is 0. The van der Waals surface area contributed by atoms with E-state index in [1.807, 2.05) is 6.92 Å². The third kappa shape index (κ3) is 6.00. The van der Waals surface area contributed by atoms with Crippen LogP contribution < -0.4 is 14.2 Å². The van der Waals surface area contributed by atoms with E-state index >= 15 is 0 Å². The molecule has 1 atom stereocenters. The molecule has 2 aromatic rings. The smallest absolute Gasteiger partial charge is 0.339 e. The molecule has 172 valence electrons.